The minimum atomic E-state index is -0.0164. The quantitative estimate of drug-likeness (QED) is 0.597. The molecular weight excluding hydrogens is 418 g/mol. The van der Waals surface area contributed by atoms with Crippen LogP contribution in [0.2, 0.25) is 0 Å². The highest BCUT2D eigenvalue weighted by atomic mass is 16.5. The number of hydrogen-bond acceptors (Lipinski definition) is 5. The first-order valence-corrected chi connectivity index (χ1v) is 11.8. The van der Waals surface area contributed by atoms with Crippen LogP contribution in [0, 0.1) is 11.8 Å². The van der Waals surface area contributed by atoms with Crippen LogP contribution in [0.4, 0.5) is 5.95 Å². The maximum atomic E-state index is 13.0. The van der Waals surface area contributed by atoms with Crippen LogP contribution in [0.3, 0.4) is 0 Å². The van der Waals surface area contributed by atoms with Gasteiger partial charge in [-0.15, -0.1) is 5.10 Å². The predicted molar refractivity (Wildman–Crippen MR) is 125 cm³/mol. The van der Waals surface area contributed by atoms with Crippen LogP contribution in [0.1, 0.15) is 43.0 Å². The molecule has 0 bridgehead atoms. The van der Waals surface area contributed by atoms with Crippen molar-refractivity contribution in [1.29, 1.82) is 0 Å². The summed E-state index contributed by atoms with van der Waals surface area (Å²) in [5, 5.41) is 7.29. The van der Waals surface area contributed by atoms with Crippen LogP contribution < -0.4 is 5.32 Å². The lowest BCUT2D eigenvalue weighted by molar-refractivity contribution is -0.117. The first-order valence-electron chi connectivity index (χ1n) is 11.8. The number of nitrogens with zero attached hydrogens (tertiary/aromatic N) is 4. The van der Waals surface area contributed by atoms with E-state index in [0.29, 0.717) is 23.1 Å². The minimum Gasteiger partial charge on any atom is -0.381 e. The zero-order valence-corrected chi connectivity index (χ0v) is 18.9. The summed E-state index contributed by atoms with van der Waals surface area (Å²) in [5.74, 6) is 1.01. The van der Waals surface area contributed by atoms with Crippen LogP contribution in [0.25, 0.3) is 16.9 Å². The number of likely N-dealkylation sites (tertiary alicyclic amines) is 1. The van der Waals surface area contributed by atoms with E-state index in [1.807, 2.05) is 54.3 Å². The van der Waals surface area contributed by atoms with Gasteiger partial charge < -0.3 is 9.64 Å². The second-order valence-corrected chi connectivity index (χ2v) is 8.85. The normalized spacial score (nSPS) is 16.8. The second kappa shape index (κ2) is 9.31. The summed E-state index contributed by atoms with van der Waals surface area (Å²) in [6.45, 7) is 5.08. The molecule has 3 heterocycles. The van der Waals surface area contributed by atoms with E-state index in [2.05, 4.69) is 15.4 Å². The molecule has 8 nitrogen and oxygen atoms in total. The molecule has 1 saturated heterocycles. The third kappa shape index (κ3) is 4.75. The Hall–Kier alpha value is -3.26. The second-order valence-electron chi connectivity index (χ2n) is 8.85. The Bertz CT molecular complexity index is 1140. The number of carbonyl (C=O) groups excluding carboxylic acids is 2. The Morgan fingerprint density at radius 3 is 2.52 bits per heavy atom. The minimum absolute atomic E-state index is 0.0164. The lowest BCUT2D eigenvalue weighted by Crippen LogP contribution is -2.39. The predicted octanol–water partition coefficient (Wildman–Crippen LogP) is 3.63. The third-order valence-corrected chi connectivity index (χ3v) is 6.43. The maximum Gasteiger partial charge on any atom is 0.253 e. The van der Waals surface area contributed by atoms with Crippen molar-refractivity contribution in [2.24, 2.45) is 11.8 Å². The lowest BCUT2D eigenvalue weighted by atomic mass is 9.97. The standard InChI is InChI=1S/C25H29N5O3/c1-2-33-16-17-12-14-29(15-13-17)24(32)20-10-6-18(7-11-20)21-4-3-5-22-26-25(28-30(21)22)27-23(31)19-8-9-19/h3-7,10-11,17,19H,2,8-9,12-16H2,1H3,(H,27,28,31). The average molecular weight is 448 g/mol. The van der Waals surface area contributed by atoms with Crippen molar-refractivity contribution in [2.45, 2.75) is 32.6 Å². The highest BCUT2D eigenvalue weighted by Gasteiger charge is 2.30. The van der Waals surface area contributed by atoms with Gasteiger partial charge in [-0.3, -0.25) is 14.9 Å². The van der Waals surface area contributed by atoms with Gasteiger partial charge in [0.05, 0.1) is 5.69 Å². The highest BCUT2D eigenvalue weighted by molar-refractivity contribution is 5.95. The lowest BCUT2D eigenvalue weighted by Gasteiger charge is -2.32. The van der Waals surface area contributed by atoms with Crippen molar-refractivity contribution in [2.75, 3.05) is 31.6 Å². The summed E-state index contributed by atoms with van der Waals surface area (Å²) in [6.07, 6.45) is 3.83. The van der Waals surface area contributed by atoms with Crippen molar-refractivity contribution in [3.63, 3.8) is 0 Å². The van der Waals surface area contributed by atoms with E-state index in [9.17, 15) is 9.59 Å². The molecule has 2 aromatic heterocycles. The van der Waals surface area contributed by atoms with Gasteiger partial charge >= 0.3 is 0 Å². The third-order valence-electron chi connectivity index (χ3n) is 6.43. The van der Waals surface area contributed by atoms with Crippen LogP contribution in [-0.4, -0.2) is 57.6 Å². The first kappa shape index (κ1) is 21.6. The highest BCUT2D eigenvalue weighted by Crippen LogP contribution is 2.30. The number of carbonyl (C=O) groups is 2. The number of anilines is 1. The molecule has 1 aliphatic carbocycles. The zero-order chi connectivity index (χ0) is 22.8. The SMILES string of the molecule is CCOCC1CCN(C(=O)c2ccc(-c3cccc4nc(NC(=O)C5CC5)nn34)cc2)CC1. The number of piperidine rings is 1. The van der Waals surface area contributed by atoms with Gasteiger partial charge in [0, 0.05) is 43.3 Å². The van der Waals surface area contributed by atoms with E-state index in [4.69, 9.17) is 4.74 Å². The fourth-order valence-electron chi connectivity index (χ4n) is 4.29. The van der Waals surface area contributed by atoms with Crippen molar-refractivity contribution < 1.29 is 14.3 Å². The number of rotatable bonds is 7. The van der Waals surface area contributed by atoms with Crippen LogP contribution in [0.15, 0.2) is 42.5 Å². The fourth-order valence-corrected chi connectivity index (χ4v) is 4.29. The van der Waals surface area contributed by atoms with Crippen molar-refractivity contribution in [3.8, 4) is 11.3 Å². The van der Waals surface area contributed by atoms with E-state index in [1.54, 1.807) is 4.52 Å². The number of fused-ring (bicyclic) bond motifs is 1. The Morgan fingerprint density at radius 1 is 1.06 bits per heavy atom. The molecule has 2 amide bonds. The molecule has 0 radical (unpaired) electrons. The molecule has 2 aliphatic rings. The van der Waals surface area contributed by atoms with Gasteiger partial charge in [0.15, 0.2) is 5.65 Å². The van der Waals surface area contributed by atoms with Crippen molar-refractivity contribution >= 4 is 23.4 Å². The van der Waals surface area contributed by atoms with E-state index >= 15 is 0 Å². The summed E-state index contributed by atoms with van der Waals surface area (Å²) in [4.78, 5) is 31.4. The summed E-state index contributed by atoms with van der Waals surface area (Å²) in [6, 6.07) is 13.3. The van der Waals surface area contributed by atoms with E-state index < -0.39 is 0 Å². The first-order chi connectivity index (χ1) is 16.1. The van der Waals surface area contributed by atoms with Crippen molar-refractivity contribution in [1.82, 2.24) is 19.5 Å². The summed E-state index contributed by atoms with van der Waals surface area (Å²) >= 11 is 0. The molecule has 33 heavy (non-hydrogen) atoms. The Kier molecular flexibility index (Phi) is 6.09. The molecule has 0 atom stereocenters. The average Bonchev–Trinajstić information content (AvgIpc) is 3.62. The van der Waals surface area contributed by atoms with Crippen LogP contribution in [0.5, 0.6) is 0 Å². The fraction of sp³-hybridized carbons (Fsp3) is 0.440. The molecule has 1 N–H and O–H groups in total. The number of pyridine rings is 1. The Balaban J connectivity index is 1.28. The zero-order valence-electron chi connectivity index (χ0n) is 18.9. The Morgan fingerprint density at radius 2 is 1.82 bits per heavy atom. The number of benzene rings is 1. The largest absolute Gasteiger partial charge is 0.381 e. The molecule has 8 heteroatoms. The van der Waals surface area contributed by atoms with Gasteiger partial charge in [-0.05, 0) is 62.8 Å². The maximum absolute atomic E-state index is 13.0. The van der Waals surface area contributed by atoms with Gasteiger partial charge in [-0.2, -0.15) is 4.98 Å². The molecule has 172 valence electrons. The molecule has 1 aliphatic heterocycles. The smallest absolute Gasteiger partial charge is 0.253 e. The number of hydrogen-bond donors (Lipinski definition) is 1. The Labute approximate surface area is 192 Å². The van der Waals surface area contributed by atoms with Gasteiger partial charge in [-0.1, -0.05) is 18.2 Å². The number of nitrogens with one attached hydrogen (secondary N) is 1. The summed E-state index contributed by atoms with van der Waals surface area (Å²) < 4.78 is 7.26. The molecule has 0 spiro atoms. The van der Waals surface area contributed by atoms with Gasteiger partial charge in [0.1, 0.15) is 0 Å². The van der Waals surface area contributed by atoms with Gasteiger partial charge in [-0.25, -0.2) is 4.52 Å². The number of amides is 2. The molecule has 3 aromatic rings. The van der Waals surface area contributed by atoms with E-state index in [0.717, 1.165) is 63.2 Å². The van der Waals surface area contributed by atoms with Crippen LogP contribution >= 0.6 is 0 Å². The molecule has 1 aromatic carbocycles. The van der Waals surface area contributed by atoms with Gasteiger partial charge in [0.25, 0.3) is 5.91 Å². The molecular formula is C25H29N5O3. The van der Waals surface area contributed by atoms with Gasteiger partial charge in [0.2, 0.25) is 11.9 Å². The van der Waals surface area contributed by atoms with Crippen molar-refractivity contribution in [3.05, 3.63) is 48.0 Å². The molecule has 0 unspecified atom stereocenters. The van der Waals surface area contributed by atoms with E-state index in [1.165, 1.54) is 0 Å². The topological polar surface area (TPSA) is 88.8 Å². The summed E-state index contributed by atoms with van der Waals surface area (Å²) in [7, 11) is 0. The summed E-state index contributed by atoms with van der Waals surface area (Å²) in [5.41, 5.74) is 3.12. The van der Waals surface area contributed by atoms with Crippen LogP contribution in [-0.2, 0) is 9.53 Å². The number of aromatic nitrogens is 3. The molecule has 1 saturated carbocycles. The monoisotopic (exact) mass is 447 g/mol. The van der Waals surface area contributed by atoms with E-state index in [-0.39, 0.29) is 17.7 Å². The number of ether oxygens (including phenoxy) is 1. The molecule has 5 rings (SSSR count). The molecule has 2 fully saturated rings.